The second-order valence-corrected chi connectivity index (χ2v) is 6.12. The lowest BCUT2D eigenvalue weighted by atomic mass is 10.1. The molecule has 1 aliphatic rings. The average molecular weight is 362 g/mol. The predicted octanol–water partition coefficient (Wildman–Crippen LogP) is 3.27. The van der Waals surface area contributed by atoms with Crippen molar-refractivity contribution in [3.63, 3.8) is 0 Å². The van der Waals surface area contributed by atoms with Gasteiger partial charge in [-0.3, -0.25) is 4.79 Å². The third kappa shape index (κ3) is 4.44. The topological polar surface area (TPSA) is 48.0 Å². The van der Waals surface area contributed by atoms with Gasteiger partial charge in [-0.25, -0.2) is 0 Å². The monoisotopic (exact) mass is 361 g/mol. The molecule has 25 heavy (non-hydrogen) atoms. The standard InChI is InChI=1S/C19H20ClNO4/c1-23-14-5-4-6-15(11-14)25-13-16-12-21(9-10-24-16)19(22)17-7-2-3-8-18(17)20/h2-8,11,16H,9-10,12-13H2,1H3/t16-/m0/s1. The zero-order chi connectivity index (χ0) is 17.6. The maximum Gasteiger partial charge on any atom is 0.255 e. The quantitative estimate of drug-likeness (QED) is 0.820. The number of carbonyl (C=O) groups is 1. The smallest absolute Gasteiger partial charge is 0.255 e. The lowest BCUT2D eigenvalue weighted by Crippen LogP contribution is -2.47. The summed E-state index contributed by atoms with van der Waals surface area (Å²) in [5.74, 6) is 1.36. The molecule has 3 rings (SSSR count). The summed E-state index contributed by atoms with van der Waals surface area (Å²) >= 11 is 6.13. The first kappa shape index (κ1) is 17.6. The number of rotatable bonds is 5. The second-order valence-electron chi connectivity index (χ2n) is 5.71. The summed E-state index contributed by atoms with van der Waals surface area (Å²) in [4.78, 5) is 14.4. The Morgan fingerprint density at radius 1 is 1.24 bits per heavy atom. The molecule has 1 fully saturated rings. The van der Waals surface area contributed by atoms with Crippen molar-refractivity contribution < 1.29 is 19.0 Å². The predicted molar refractivity (Wildman–Crippen MR) is 95.6 cm³/mol. The summed E-state index contributed by atoms with van der Waals surface area (Å²) in [6.07, 6.45) is -0.189. The normalized spacial score (nSPS) is 17.2. The minimum Gasteiger partial charge on any atom is -0.497 e. The van der Waals surface area contributed by atoms with E-state index in [0.717, 1.165) is 5.75 Å². The van der Waals surface area contributed by atoms with Crippen molar-refractivity contribution in [2.45, 2.75) is 6.10 Å². The number of hydrogen-bond donors (Lipinski definition) is 0. The number of hydrogen-bond acceptors (Lipinski definition) is 4. The first-order valence-electron chi connectivity index (χ1n) is 8.09. The van der Waals surface area contributed by atoms with Crippen LogP contribution in [0.15, 0.2) is 48.5 Å². The molecule has 5 nitrogen and oxygen atoms in total. The number of benzene rings is 2. The molecule has 1 atom stereocenters. The molecule has 0 saturated carbocycles. The van der Waals surface area contributed by atoms with Gasteiger partial charge in [0.05, 0.1) is 30.8 Å². The third-order valence-electron chi connectivity index (χ3n) is 4.01. The van der Waals surface area contributed by atoms with E-state index < -0.39 is 0 Å². The first-order valence-corrected chi connectivity index (χ1v) is 8.47. The number of nitrogens with zero attached hydrogens (tertiary/aromatic N) is 1. The molecule has 2 aromatic carbocycles. The molecule has 1 heterocycles. The van der Waals surface area contributed by atoms with Crippen molar-refractivity contribution in [1.29, 1.82) is 0 Å². The Bertz CT molecular complexity index is 737. The highest BCUT2D eigenvalue weighted by molar-refractivity contribution is 6.33. The highest BCUT2D eigenvalue weighted by atomic mass is 35.5. The number of amides is 1. The second kappa shape index (κ2) is 8.23. The SMILES string of the molecule is COc1cccc(OC[C@@H]2CN(C(=O)c3ccccc3Cl)CCO2)c1. The molecular formula is C19H20ClNO4. The lowest BCUT2D eigenvalue weighted by molar-refractivity contribution is -0.0401. The maximum absolute atomic E-state index is 12.7. The van der Waals surface area contributed by atoms with Gasteiger partial charge in [-0.2, -0.15) is 0 Å². The molecule has 0 radical (unpaired) electrons. The van der Waals surface area contributed by atoms with Crippen molar-refractivity contribution >= 4 is 17.5 Å². The van der Waals surface area contributed by atoms with Gasteiger partial charge in [0.2, 0.25) is 0 Å². The van der Waals surface area contributed by atoms with E-state index in [2.05, 4.69) is 0 Å². The lowest BCUT2D eigenvalue weighted by Gasteiger charge is -2.33. The summed E-state index contributed by atoms with van der Waals surface area (Å²) < 4.78 is 16.7. The molecule has 0 bridgehead atoms. The van der Waals surface area contributed by atoms with Crippen LogP contribution in [-0.2, 0) is 4.74 Å². The molecule has 0 aromatic heterocycles. The Balaban J connectivity index is 1.59. The van der Waals surface area contributed by atoms with Crippen molar-refractivity contribution in [2.24, 2.45) is 0 Å². The summed E-state index contributed by atoms with van der Waals surface area (Å²) in [7, 11) is 1.61. The molecule has 132 valence electrons. The molecular weight excluding hydrogens is 342 g/mol. The van der Waals surface area contributed by atoms with E-state index in [0.29, 0.717) is 42.6 Å². The van der Waals surface area contributed by atoms with Gasteiger partial charge in [-0.15, -0.1) is 0 Å². The number of methoxy groups -OCH3 is 1. The van der Waals surface area contributed by atoms with Gasteiger partial charge in [0.25, 0.3) is 5.91 Å². The van der Waals surface area contributed by atoms with Gasteiger partial charge in [0.1, 0.15) is 24.2 Å². The molecule has 0 unspecified atom stereocenters. The fraction of sp³-hybridized carbons (Fsp3) is 0.316. The van der Waals surface area contributed by atoms with Crippen molar-refractivity contribution in [1.82, 2.24) is 4.90 Å². The summed E-state index contributed by atoms with van der Waals surface area (Å²) in [6, 6.07) is 14.5. The van der Waals surface area contributed by atoms with E-state index in [1.165, 1.54) is 0 Å². The van der Waals surface area contributed by atoms with E-state index in [4.69, 9.17) is 25.8 Å². The fourth-order valence-electron chi connectivity index (χ4n) is 2.69. The Kier molecular flexibility index (Phi) is 5.79. The number of carbonyl (C=O) groups excluding carboxylic acids is 1. The first-order chi connectivity index (χ1) is 12.2. The third-order valence-corrected chi connectivity index (χ3v) is 4.34. The fourth-order valence-corrected chi connectivity index (χ4v) is 2.91. The van der Waals surface area contributed by atoms with E-state index in [1.807, 2.05) is 36.4 Å². The molecule has 0 aliphatic carbocycles. The van der Waals surface area contributed by atoms with Crippen LogP contribution in [0.1, 0.15) is 10.4 Å². The Labute approximate surface area is 152 Å². The average Bonchev–Trinajstić information content (AvgIpc) is 2.66. The largest absolute Gasteiger partial charge is 0.497 e. The zero-order valence-electron chi connectivity index (χ0n) is 14.0. The molecule has 0 N–H and O–H groups in total. The van der Waals surface area contributed by atoms with E-state index in [9.17, 15) is 4.79 Å². The van der Waals surface area contributed by atoms with Gasteiger partial charge in [0.15, 0.2) is 0 Å². The summed E-state index contributed by atoms with van der Waals surface area (Å²) in [5.41, 5.74) is 0.513. The van der Waals surface area contributed by atoms with E-state index in [1.54, 1.807) is 24.1 Å². The van der Waals surface area contributed by atoms with Crippen molar-refractivity contribution in [2.75, 3.05) is 33.4 Å². The molecule has 1 aliphatic heterocycles. The zero-order valence-corrected chi connectivity index (χ0v) is 14.7. The van der Waals surface area contributed by atoms with Gasteiger partial charge in [-0.1, -0.05) is 29.8 Å². The molecule has 0 spiro atoms. The summed E-state index contributed by atoms with van der Waals surface area (Å²) in [6.45, 7) is 1.84. The minimum atomic E-state index is -0.189. The van der Waals surface area contributed by atoms with Crippen LogP contribution in [0.2, 0.25) is 5.02 Å². The highest BCUT2D eigenvalue weighted by Crippen LogP contribution is 2.21. The molecule has 1 amide bonds. The highest BCUT2D eigenvalue weighted by Gasteiger charge is 2.26. The van der Waals surface area contributed by atoms with E-state index >= 15 is 0 Å². The van der Waals surface area contributed by atoms with Crippen LogP contribution in [0.3, 0.4) is 0 Å². The Hall–Kier alpha value is -2.24. The van der Waals surface area contributed by atoms with Crippen molar-refractivity contribution in [3.8, 4) is 11.5 Å². The van der Waals surface area contributed by atoms with Gasteiger partial charge in [-0.05, 0) is 24.3 Å². The Morgan fingerprint density at radius 3 is 2.84 bits per heavy atom. The van der Waals surface area contributed by atoms with Crippen LogP contribution < -0.4 is 9.47 Å². The maximum atomic E-state index is 12.7. The minimum absolute atomic E-state index is 0.0831. The number of morpholine rings is 1. The molecule has 6 heteroatoms. The van der Waals surface area contributed by atoms with Crippen LogP contribution in [-0.4, -0.2) is 50.3 Å². The van der Waals surface area contributed by atoms with Gasteiger partial charge < -0.3 is 19.1 Å². The number of ether oxygens (including phenoxy) is 3. The van der Waals surface area contributed by atoms with Crippen LogP contribution in [0.25, 0.3) is 0 Å². The van der Waals surface area contributed by atoms with Gasteiger partial charge in [0, 0.05) is 12.6 Å². The Morgan fingerprint density at radius 2 is 2.04 bits per heavy atom. The summed E-state index contributed by atoms with van der Waals surface area (Å²) in [5, 5.41) is 0.461. The van der Waals surface area contributed by atoms with Crippen molar-refractivity contribution in [3.05, 3.63) is 59.1 Å². The van der Waals surface area contributed by atoms with Gasteiger partial charge >= 0.3 is 0 Å². The van der Waals surface area contributed by atoms with Crippen LogP contribution in [0.5, 0.6) is 11.5 Å². The molecule has 1 saturated heterocycles. The number of halogens is 1. The van der Waals surface area contributed by atoms with Crippen LogP contribution in [0, 0.1) is 0 Å². The molecule has 2 aromatic rings. The van der Waals surface area contributed by atoms with Crippen LogP contribution in [0.4, 0.5) is 0 Å². The van der Waals surface area contributed by atoms with Crippen LogP contribution >= 0.6 is 11.6 Å². The van der Waals surface area contributed by atoms with E-state index in [-0.39, 0.29) is 12.0 Å².